The summed E-state index contributed by atoms with van der Waals surface area (Å²) in [7, 11) is 1.95. The molecular formula is C14H26N4. The standard InChI is InChI=1S/C14H26N4/c1-12(2)8-14(6-4-5-7-14)11-15-9-13-10-16-17-18(13)3/h10,12,15H,4-9,11H2,1-3H3. The van der Waals surface area contributed by atoms with Crippen LogP contribution in [-0.2, 0) is 13.6 Å². The quantitative estimate of drug-likeness (QED) is 0.843. The molecule has 1 saturated carbocycles. The Bertz CT molecular complexity index is 364. The molecular weight excluding hydrogens is 224 g/mol. The van der Waals surface area contributed by atoms with Crippen LogP contribution in [0.5, 0.6) is 0 Å². The van der Waals surface area contributed by atoms with Crippen molar-refractivity contribution >= 4 is 0 Å². The zero-order valence-corrected chi connectivity index (χ0v) is 11.9. The highest BCUT2D eigenvalue weighted by molar-refractivity contribution is 4.94. The third-order valence-electron chi connectivity index (χ3n) is 4.12. The monoisotopic (exact) mass is 250 g/mol. The minimum Gasteiger partial charge on any atom is -0.311 e. The first kappa shape index (κ1) is 13.5. The summed E-state index contributed by atoms with van der Waals surface area (Å²) >= 11 is 0. The molecule has 1 N–H and O–H groups in total. The van der Waals surface area contributed by atoms with Crippen LogP contribution in [0.25, 0.3) is 0 Å². The summed E-state index contributed by atoms with van der Waals surface area (Å²) in [5.41, 5.74) is 1.70. The maximum atomic E-state index is 3.96. The molecule has 0 atom stereocenters. The van der Waals surface area contributed by atoms with E-state index < -0.39 is 0 Å². The van der Waals surface area contributed by atoms with Crippen molar-refractivity contribution in [1.82, 2.24) is 20.3 Å². The number of aryl methyl sites for hydroxylation is 1. The van der Waals surface area contributed by atoms with Crippen LogP contribution < -0.4 is 5.32 Å². The van der Waals surface area contributed by atoms with Gasteiger partial charge >= 0.3 is 0 Å². The number of hydrogen-bond donors (Lipinski definition) is 1. The molecule has 1 aromatic heterocycles. The predicted molar refractivity (Wildman–Crippen MR) is 73.1 cm³/mol. The van der Waals surface area contributed by atoms with Crippen molar-refractivity contribution in [2.45, 2.75) is 52.5 Å². The minimum atomic E-state index is 0.542. The lowest BCUT2D eigenvalue weighted by Crippen LogP contribution is -2.33. The summed E-state index contributed by atoms with van der Waals surface area (Å²) in [5.74, 6) is 0.795. The first-order valence-electron chi connectivity index (χ1n) is 7.16. The molecule has 4 nitrogen and oxygen atoms in total. The van der Waals surface area contributed by atoms with Gasteiger partial charge in [-0.05, 0) is 30.6 Å². The fourth-order valence-corrected chi connectivity index (χ4v) is 3.37. The number of nitrogens with one attached hydrogen (secondary N) is 1. The van der Waals surface area contributed by atoms with Gasteiger partial charge in [0, 0.05) is 20.1 Å². The van der Waals surface area contributed by atoms with Gasteiger partial charge in [0.1, 0.15) is 0 Å². The van der Waals surface area contributed by atoms with Gasteiger partial charge in [-0.15, -0.1) is 5.10 Å². The van der Waals surface area contributed by atoms with Crippen LogP contribution in [-0.4, -0.2) is 21.5 Å². The number of rotatable bonds is 6. The molecule has 18 heavy (non-hydrogen) atoms. The Hall–Kier alpha value is -0.900. The highest BCUT2D eigenvalue weighted by atomic mass is 15.4. The van der Waals surface area contributed by atoms with Gasteiger partial charge in [0.25, 0.3) is 0 Å². The number of aromatic nitrogens is 3. The molecule has 102 valence electrons. The maximum Gasteiger partial charge on any atom is 0.0738 e. The van der Waals surface area contributed by atoms with Crippen LogP contribution in [0.2, 0.25) is 0 Å². The Balaban J connectivity index is 1.85. The van der Waals surface area contributed by atoms with Crippen LogP contribution in [0.4, 0.5) is 0 Å². The third kappa shape index (κ3) is 3.31. The number of hydrogen-bond acceptors (Lipinski definition) is 3. The van der Waals surface area contributed by atoms with E-state index in [1.807, 2.05) is 17.9 Å². The normalized spacial score (nSPS) is 18.7. The van der Waals surface area contributed by atoms with Crippen molar-refractivity contribution in [3.63, 3.8) is 0 Å². The van der Waals surface area contributed by atoms with Crippen molar-refractivity contribution in [1.29, 1.82) is 0 Å². The predicted octanol–water partition coefficient (Wildman–Crippen LogP) is 2.51. The maximum absolute atomic E-state index is 3.96. The zero-order chi connectivity index (χ0) is 13.0. The van der Waals surface area contributed by atoms with Gasteiger partial charge < -0.3 is 5.32 Å². The lowest BCUT2D eigenvalue weighted by Gasteiger charge is -2.31. The van der Waals surface area contributed by atoms with E-state index in [0.717, 1.165) is 24.7 Å². The summed E-state index contributed by atoms with van der Waals surface area (Å²) in [6.45, 7) is 6.69. The molecule has 0 spiro atoms. The molecule has 0 unspecified atom stereocenters. The van der Waals surface area contributed by atoms with Gasteiger partial charge in [0.2, 0.25) is 0 Å². The molecule has 0 saturated heterocycles. The van der Waals surface area contributed by atoms with Crippen LogP contribution >= 0.6 is 0 Å². The summed E-state index contributed by atoms with van der Waals surface area (Å²) < 4.78 is 1.84. The summed E-state index contributed by atoms with van der Waals surface area (Å²) in [6.07, 6.45) is 8.79. The first-order chi connectivity index (χ1) is 8.61. The van der Waals surface area contributed by atoms with Gasteiger partial charge in [-0.25, -0.2) is 0 Å². The fraction of sp³-hybridized carbons (Fsp3) is 0.857. The van der Waals surface area contributed by atoms with E-state index >= 15 is 0 Å². The van der Waals surface area contributed by atoms with Crippen LogP contribution in [0, 0.1) is 11.3 Å². The smallest absolute Gasteiger partial charge is 0.0738 e. The van der Waals surface area contributed by atoms with Gasteiger partial charge in [0.05, 0.1) is 11.9 Å². The lowest BCUT2D eigenvalue weighted by molar-refractivity contribution is 0.223. The minimum absolute atomic E-state index is 0.542. The Morgan fingerprint density at radius 3 is 2.67 bits per heavy atom. The topological polar surface area (TPSA) is 42.7 Å². The van der Waals surface area contributed by atoms with Crippen LogP contribution in [0.15, 0.2) is 6.20 Å². The summed E-state index contributed by atoms with van der Waals surface area (Å²) in [4.78, 5) is 0. The molecule has 1 aliphatic rings. The van der Waals surface area contributed by atoms with Crippen molar-refractivity contribution < 1.29 is 0 Å². The third-order valence-corrected chi connectivity index (χ3v) is 4.12. The Morgan fingerprint density at radius 2 is 2.11 bits per heavy atom. The van der Waals surface area contributed by atoms with Gasteiger partial charge in [-0.1, -0.05) is 31.9 Å². The van der Waals surface area contributed by atoms with E-state index in [9.17, 15) is 0 Å². The highest BCUT2D eigenvalue weighted by Gasteiger charge is 2.33. The SMILES string of the molecule is CC(C)CC1(CNCc2cnnn2C)CCCC1. The highest BCUT2D eigenvalue weighted by Crippen LogP contribution is 2.42. The van der Waals surface area contributed by atoms with Crippen molar-refractivity contribution in [3.8, 4) is 0 Å². The molecule has 1 aromatic rings. The van der Waals surface area contributed by atoms with E-state index in [0.29, 0.717) is 5.41 Å². The molecule has 1 aliphatic carbocycles. The fourth-order valence-electron chi connectivity index (χ4n) is 3.37. The molecule has 0 aliphatic heterocycles. The van der Waals surface area contributed by atoms with E-state index in [-0.39, 0.29) is 0 Å². The van der Waals surface area contributed by atoms with Crippen molar-refractivity contribution in [2.24, 2.45) is 18.4 Å². The van der Waals surface area contributed by atoms with E-state index in [4.69, 9.17) is 0 Å². The van der Waals surface area contributed by atoms with Gasteiger partial charge in [-0.3, -0.25) is 4.68 Å². The summed E-state index contributed by atoms with van der Waals surface area (Å²) in [6, 6.07) is 0. The largest absolute Gasteiger partial charge is 0.311 e. The molecule has 0 amide bonds. The van der Waals surface area contributed by atoms with E-state index in [2.05, 4.69) is 29.5 Å². The molecule has 2 rings (SSSR count). The number of nitrogens with zero attached hydrogens (tertiary/aromatic N) is 3. The van der Waals surface area contributed by atoms with Crippen LogP contribution in [0.3, 0.4) is 0 Å². The second-order valence-corrected chi connectivity index (χ2v) is 6.26. The average Bonchev–Trinajstić information content (AvgIpc) is 2.89. The molecule has 1 heterocycles. The molecule has 1 fully saturated rings. The average molecular weight is 250 g/mol. The molecule has 0 aromatic carbocycles. The summed E-state index contributed by atoms with van der Waals surface area (Å²) in [5, 5.41) is 11.5. The first-order valence-corrected chi connectivity index (χ1v) is 7.16. The lowest BCUT2D eigenvalue weighted by atomic mass is 9.78. The molecule has 0 radical (unpaired) electrons. The van der Waals surface area contributed by atoms with Gasteiger partial charge in [0.15, 0.2) is 0 Å². The second kappa shape index (κ2) is 5.83. The molecule has 0 bridgehead atoms. The molecule has 4 heteroatoms. The zero-order valence-electron chi connectivity index (χ0n) is 11.9. The second-order valence-electron chi connectivity index (χ2n) is 6.26. The Kier molecular flexibility index (Phi) is 4.38. The van der Waals surface area contributed by atoms with Crippen LogP contribution in [0.1, 0.15) is 51.6 Å². The van der Waals surface area contributed by atoms with Crippen molar-refractivity contribution in [2.75, 3.05) is 6.54 Å². The van der Waals surface area contributed by atoms with E-state index in [1.54, 1.807) is 0 Å². The van der Waals surface area contributed by atoms with E-state index in [1.165, 1.54) is 32.1 Å². The van der Waals surface area contributed by atoms with Crippen molar-refractivity contribution in [3.05, 3.63) is 11.9 Å². The van der Waals surface area contributed by atoms with Gasteiger partial charge in [-0.2, -0.15) is 0 Å². The Morgan fingerprint density at radius 1 is 1.39 bits per heavy atom. The Labute approximate surface area is 110 Å².